The van der Waals surface area contributed by atoms with Crippen LogP contribution in [0.25, 0.3) is 4.91 Å². The van der Waals surface area contributed by atoms with Gasteiger partial charge in [0.15, 0.2) is 0 Å². The Balaban J connectivity index is 0.000000287. The molecule has 2 aliphatic heterocycles. The Morgan fingerprint density at radius 1 is 1.19 bits per heavy atom. The van der Waals surface area contributed by atoms with Crippen LogP contribution in [0.4, 0.5) is 5.69 Å². The summed E-state index contributed by atoms with van der Waals surface area (Å²) in [5.41, 5.74) is 17.9. The minimum Gasteiger partial charge on any atom is -0.398 e. The third-order valence-corrected chi connectivity index (χ3v) is 7.37. The Hall–Kier alpha value is -2.51. The van der Waals surface area contributed by atoms with Crippen molar-refractivity contribution in [3.05, 3.63) is 65.1 Å². The van der Waals surface area contributed by atoms with Crippen LogP contribution in [0.3, 0.4) is 0 Å². The number of hydrogen-bond acceptors (Lipinski definition) is 6. The van der Waals surface area contributed by atoms with Gasteiger partial charge in [-0.3, -0.25) is 9.78 Å². The third kappa shape index (κ3) is 5.40. The number of nitrogens with two attached hydrogens (primary N) is 2. The lowest BCUT2D eigenvalue weighted by molar-refractivity contribution is -0.118. The van der Waals surface area contributed by atoms with Gasteiger partial charge in [0, 0.05) is 47.3 Å². The van der Waals surface area contributed by atoms with Gasteiger partial charge < -0.3 is 21.7 Å². The zero-order valence-corrected chi connectivity index (χ0v) is 19.4. The Labute approximate surface area is 189 Å². The number of aromatic nitrogens is 1. The summed E-state index contributed by atoms with van der Waals surface area (Å²) < 4.78 is 0. The number of nitrogens with zero attached hydrogens (tertiary/aromatic N) is 2. The number of thioether (sulfide) groups is 1. The standard InChI is InChI=1S/C18H22N4S.C6H11NO/c1-11-6-4-8-14(15(11)19)17(20)18(3)22-12(2)16(23-18)13-7-5-9-21-10-13;8-6-7-4-2-1-3-5-7/h4-10,17,22H,19-20H2,1-3H3;6H,1-5H2. The molecule has 1 amide bonds. The second-order valence-corrected chi connectivity index (χ2v) is 9.75. The van der Waals surface area contributed by atoms with Gasteiger partial charge >= 0.3 is 0 Å². The average Bonchev–Trinajstić information content (AvgIpc) is 3.12. The number of nitrogens with one attached hydrogen (secondary N) is 1. The molecule has 4 rings (SSSR count). The number of rotatable bonds is 4. The SMILES string of the molecule is CC1=C(c2cccnc2)SC(C)(C(N)c2cccc(C)c2N)N1.O=CN1CCCCC1. The second kappa shape index (κ2) is 10.2. The van der Waals surface area contributed by atoms with E-state index in [4.69, 9.17) is 11.5 Å². The molecule has 2 unspecified atom stereocenters. The summed E-state index contributed by atoms with van der Waals surface area (Å²) in [4.78, 5) is 17.0. The highest BCUT2D eigenvalue weighted by Gasteiger charge is 2.40. The lowest BCUT2D eigenvalue weighted by atomic mass is 9.96. The van der Waals surface area contributed by atoms with Crippen molar-refractivity contribution in [2.24, 2.45) is 5.73 Å². The molecular formula is C24H33N5OS. The van der Waals surface area contributed by atoms with Crippen molar-refractivity contribution < 1.29 is 4.79 Å². The van der Waals surface area contributed by atoms with Gasteiger partial charge in [-0.2, -0.15) is 0 Å². The molecule has 0 aliphatic carbocycles. The number of aryl methyl sites for hydroxylation is 1. The highest BCUT2D eigenvalue weighted by Crippen LogP contribution is 2.49. The fourth-order valence-electron chi connectivity index (χ4n) is 3.95. The Morgan fingerprint density at radius 2 is 1.94 bits per heavy atom. The summed E-state index contributed by atoms with van der Waals surface area (Å²) in [5.74, 6) is 0. The number of allylic oxidation sites excluding steroid dienone is 1. The fraction of sp³-hybridized carbons (Fsp3) is 0.417. The van der Waals surface area contributed by atoms with Crippen molar-refractivity contribution in [3.8, 4) is 0 Å². The van der Waals surface area contributed by atoms with E-state index in [9.17, 15) is 4.79 Å². The molecule has 31 heavy (non-hydrogen) atoms. The minimum atomic E-state index is -0.350. The molecule has 0 radical (unpaired) electrons. The molecular weight excluding hydrogens is 406 g/mol. The maximum Gasteiger partial charge on any atom is 0.209 e. The lowest BCUT2D eigenvalue weighted by Crippen LogP contribution is -2.44. The van der Waals surface area contributed by atoms with E-state index in [1.807, 2.05) is 42.3 Å². The molecule has 1 aromatic carbocycles. The molecule has 2 atom stereocenters. The summed E-state index contributed by atoms with van der Waals surface area (Å²) >= 11 is 1.74. The molecule has 1 fully saturated rings. The molecule has 7 heteroatoms. The number of likely N-dealkylation sites (tertiary alicyclic amines) is 1. The third-order valence-electron chi connectivity index (χ3n) is 5.84. The molecule has 166 valence electrons. The monoisotopic (exact) mass is 439 g/mol. The molecule has 5 N–H and O–H groups in total. The number of piperidine rings is 1. The minimum absolute atomic E-state index is 0.225. The van der Waals surface area contributed by atoms with Crippen LogP contribution in [-0.2, 0) is 4.79 Å². The van der Waals surface area contributed by atoms with Crippen LogP contribution in [0.2, 0.25) is 0 Å². The van der Waals surface area contributed by atoms with Gasteiger partial charge in [-0.1, -0.05) is 36.0 Å². The molecule has 6 nitrogen and oxygen atoms in total. The van der Waals surface area contributed by atoms with E-state index in [1.165, 1.54) is 24.2 Å². The van der Waals surface area contributed by atoms with Crippen molar-refractivity contribution >= 4 is 28.8 Å². The Bertz CT molecular complexity index is 927. The van der Waals surface area contributed by atoms with Crippen molar-refractivity contribution in [1.82, 2.24) is 15.2 Å². The maximum absolute atomic E-state index is 10.1. The number of anilines is 1. The van der Waals surface area contributed by atoms with Crippen LogP contribution in [-0.4, -0.2) is 34.3 Å². The molecule has 1 saturated heterocycles. The lowest BCUT2D eigenvalue weighted by Gasteiger charge is -2.33. The first-order chi connectivity index (χ1) is 14.9. The summed E-state index contributed by atoms with van der Waals surface area (Å²) in [6.07, 6.45) is 8.29. The van der Waals surface area contributed by atoms with Crippen LogP contribution < -0.4 is 16.8 Å². The fourth-order valence-corrected chi connectivity index (χ4v) is 5.28. The second-order valence-electron chi connectivity index (χ2n) is 8.29. The van der Waals surface area contributed by atoms with Gasteiger partial charge in [-0.25, -0.2) is 0 Å². The number of nitrogen functional groups attached to an aromatic ring is 1. The van der Waals surface area contributed by atoms with Crippen molar-refractivity contribution in [3.63, 3.8) is 0 Å². The molecule has 2 aromatic rings. The maximum atomic E-state index is 10.1. The van der Waals surface area contributed by atoms with Gasteiger partial charge in [0.2, 0.25) is 6.41 Å². The van der Waals surface area contributed by atoms with Gasteiger partial charge in [0.1, 0.15) is 4.87 Å². The number of pyridine rings is 1. The van der Waals surface area contributed by atoms with Gasteiger partial charge in [-0.05, 0) is 57.2 Å². The van der Waals surface area contributed by atoms with Gasteiger partial charge in [0.05, 0.1) is 6.04 Å². The molecule has 0 bridgehead atoms. The summed E-state index contributed by atoms with van der Waals surface area (Å²) in [6.45, 7) is 8.16. The van der Waals surface area contributed by atoms with Crippen molar-refractivity contribution in [2.75, 3.05) is 18.8 Å². The normalized spacial score (nSPS) is 21.7. The van der Waals surface area contributed by atoms with E-state index < -0.39 is 0 Å². The number of benzene rings is 1. The van der Waals surface area contributed by atoms with E-state index in [-0.39, 0.29) is 10.9 Å². The Kier molecular flexibility index (Phi) is 7.62. The number of hydrogen-bond donors (Lipinski definition) is 3. The summed E-state index contributed by atoms with van der Waals surface area (Å²) in [5, 5.41) is 3.56. The van der Waals surface area contributed by atoms with Crippen LogP contribution >= 0.6 is 11.8 Å². The number of carbonyl (C=O) groups excluding carboxylic acids is 1. The molecule has 2 aliphatic rings. The van der Waals surface area contributed by atoms with Gasteiger partial charge in [0.25, 0.3) is 0 Å². The smallest absolute Gasteiger partial charge is 0.209 e. The van der Waals surface area contributed by atoms with Crippen LogP contribution in [0, 0.1) is 6.92 Å². The highest BCUT2D eigenvalue weighted by molar-refractivity contribution is 8.09. The zero-order valence-electron chi connectivity index (χ0n) is 18.6. The summed E-state index contributed by atoms with van der Waals surface area (Å²) in [6, 6.07) is 9.82. The average molecular weight is 440 g/mol. The first kappa shape index (κ1) is 23.2. The van der Waals surface area contributed by atoms with E-state index in [1.54, 1.807) is 18.0 Å². The van der Waals surface area contributed by atoms with Crippen molar-refractivity contribution in [1.29, 1.82) is 0 Å². The number of carbonyl (C=O) groups is 1. The topological polar surface area (TPSA) is 97.3 Å². The first-order valence-corrected chi connectivity index (χ1v) is 11.6. The number of para-hydroxylation sites is 1. The van der Waals surface area contributed by atoms with Crippen LogP contribution in [0.15, 0.2) is 48.4 Å². The molecule has 3 heterocycles. The van der Waals surface area contributed by atoms with E-state index in [0.717, 1.165) is 47.6 Å². The van der Waals surface area contributed by atoms with Crippen LogP contribution in [0.5, 0.6) is 0 Å². The first-order valence-electron chi connectivity index (χ1n) is 10.7. The largest absolute Gasteiger partial charge is 0.398 e. The molecule has 1 aromatic heterocycles. The summed E-state index contributed by atoms with van der Waals surface area (Å²) in [7, 11) is 0. The van der Waals surface area contributed by atoms with E-state index in [2.05, 4.69) is 30.2 Å². The highest BCUT2D eigenvalue weighted by atomic mass is 32.2. The van der Waals surface area contributed by atoms with E-state index >= 15 is 0 Å². The quantitative estimate of drug-likeness (QED) is 0.491. The van der Waals surface area contributed by atoms with Crippen molar-refractivity contribution in [2.45, 2.75) is 50.9 Å². The Morgan fingerprint density at radius 3 is 2.55 bits per heavy atom. The zero-order chi connectivity index (χ0) is 22.4. The predicted octanol–water partition coefficient (Wildman–Crippen LogP) is 4.04. The number of amides is 1. The molecule has 0 saturated carbocycles. The predicted molar refractivity (Wildman–Crippen MR) is 130 cm³/mol. The van der Waals surface area contributed by atoms with E-state index in [0.29, 0.717) is 0 Å². The molecule has 0 spiro atoms. The van der Waals surface area contributed by atoms with Gasteiger partial charge in [-0.15, -0.1) is 0 Å². The van der Waals surface area contributed by atoms with Crippen LogP contribution in [0.1, 0.15) is 55.8 Å².